The number of rotatable bonds is 4. The summed E-state index contributed by atoms with van der Waals surface area (Å²) in [6.07, 6.45) is 3.66. The van der Waals surface area contributed by atoms with Crippen molar-refractivity contribution in [2.24, 2.45) is 5.73 Å². The number of fused-ring (bicyclic) bond motifs is 1. The van der Waals surface area contributed by atoms with Crippen LogP contribution in [0, 0.1) is 6.92 Å². The fourth-order valence-electron chi connectivity index (χ4n) is 2.52. The second-order valence-corrected chi connectivity index (χ2v) is 6.06. The highest BCUT2D eigenvalue weighted by Crippen LogP contribution is 2.27. The van der Waals surface area contributed by atoms with Crippen LogP contribution >= 0.6 is 11.3 Å². The van der Waals surface area contributed by atoms with Gasteiger partial charge in [-0.2, -0.15) is 0 Å². The first-order valence-electron chi connectivity index (χ1n) is 6.66. The number of hydrogen-bond donors (Lipinski definition) is 1. The van der Waals surface area contributed by atoms with E-state index in [2.05, 4.69) is 23.2 Å². The molecule has 0 aliphatic heterocycles. The van der Waals surface area contributed by atoms with E-state index in [1.807, 2.05) is 6.92 Å². The third kappa shape index (κ3) is 2.65. The fraction of sp³-hybridized carbons (Fsp3) is 0.400. The molecule has 0 atom stereocenters. The summed E-state index contributed by atoms with van der Waals surface area (Å²) in [4.78, 5) is 5.63. The lowest BCUT2D eigenvalue weighted by Crippen LogP contribution is -1.95. The van der Waals surface area contributed by atoms with Crippen LogP contribution in [-0.4, -0.2) is 4.98 Å². The first-order valence-corrected chi connectivity index (χ1v) is 7.48. The molecular weight excluding hydrogens is 256 g/mol. The van der Waals surface area contributed by atoms with E-state index in [0.29, 0.717) is 13.2 Å². The minimum absolute atomic E-state index is 0.532. The molecule has 100 valence electrons. The molecular formula is C15H18N2OS. The molecule has 19 heavy (non-hydrogen) atoms. The van der Waals surface area contributed by atoms with Crippen LogP contribution in [0.25, 0.3) is 0 Å². The molecule has 1 heterocycles. The van der Waals surface area contributed by atoms with E-state index >= 15 is 0 Å². The SMILES string of the molecule is Cc1nc(COc2ccc3c(c2)CCC3)sc1CN. The number of aryl methyl sites for hydroxylation is 3. The Morgan fingerprint density at radius 3 is 2.95 bits per heavy atom. The molecule has 1 aromatic heterocycles. The molecule has 2 aromatic rings. The van der Waals surface area contributed by atoms with Gasteiger partial charge >= 0.3 is 0 Å². The van der Waals surface area contributed by atoms with Gasteiger partial charge in [-0.3, -0.25) is 0 Å². The fourth-order valence-corrected chi connectivity index (χ4v) is 3.38. The summed E-state index contributed by atoms with van der Waals surface area (Å²) in [5.41, 5.74) is 9.61. The van der Waals surface area contributed by atoms with E-state index in [1.165, 1.54) is 30.4 Å². The summed E-state index contributed by atoms with van der Waals surface area (Å²) in [6, 6.07) is 6.43. The van der Waals surface area contributed by atoms with Gasteiger partial charge in [0.25, 0.3) is 0 Å². The van der Waals surface area contributed by atoms with E-state index in [-0.39, 0.29) is 0 Å². The average Bonchev–Trinajstić information content (AvgIpc) is 3.01. The van der Waals surface area contributed by atoms with Crippen molar-refractivity contribution in [1.29, 1.82) is 0 Å². The van der Waals surface area contributed by atoms with Gasteiger partial charge in [0.2, 0.25) is 0 Å². The van der Waals surface area contributed by atoms with Crippen LogP contribution in [0.4, 0.5) is 0 Å². The highest BCUT2D eigenvalue weighted by atomic mass is 32.1. The largest absolute Gasteiger partial charge is 0.486 e. The van der Waals surface area contributed by atoms with Crippen LogP contribution in [-0.2, 0) is 26.0 Å². The molecule has 4 heteroatoms. The Kier molecular flexibility index (Phi) is 3.53. The Hall–Kier alpha value is -1.39. The summed E-state index contributed by atoms with van der Waals surface area (Å²) in [5.74, 6) is 0.947. The maximum absolute atomic E-state index is 5.84. The smallest absolute Gasteiger partial charge is 0.140 e. The van der Waals surface area contributed by atoms with Crippen LogP contribution in [0.5, 0.6) is 5.75 Å². The molecule has 2 N–H and O–H groups in total. The molecule has 0 bridgehead atoms. The van der Waals surface area contributed by atoms with Crippen molar-refractivity contribution < 1.29 is 4.74 Å². The van der Waals surface area contributed by atoms with Crippen LogP contribution in [0.1, 0.15) is 33.1 Å². The minimum atomic E-state index is 0.532. The normalized spacial score (nSPS) is 13.6. The van der Waals surface area contributed by atoms with Gasteiger partial charge in [0.05, 0.1) is 5.69 Å². The van der Waals surface area contributed by atoms with E-state index in [9.17, 15) is 0 Å². The molecule has 0 radical (unpaired) electrons. The number of thiazole rings is 1. The molecule has 3 nitrogen and oxygen atoms in total. The maximum Gasteiger partial charge on any atom is 0.140 e. The molecule has 1 aromatic carbocycles. The Morgan fingerprint density at radius 2 is 2.16 bits per heavy atom. The van der Waals surface area contributed by atoms with Gasteiger partial charge in [-0.25, -0.2) is 4.98 Å². The molecule has 0 amide bonds. The van der Waals surface area contributed by atoms with Gasteiger partial charge in [-0.05, 0) is 49.4 Å². The van der Waals surface area contributed by atoms with Crippen LogP contribution in [0.2, 0.25) is 0 Å². The predicted octanol–water partition coefficient (Wildman–Crippen LogP) is 2.98. The zero-order valence-corrected chi connectivity index (χ0v) is 11.9. The number of nitrogens with two attached hydrogens (primary N) is 1. The quantitative estimate of drug-likeness (QED) is 0.932. The minimum Gasteiger partial charge on any atom is -0.486 e. The van der Waals surface area contributed by atoms with Crippen LogP contribution in [0.15, 0.2) is 18.2 Å². The Bertz CT molecular complexity index is 592. The lowest BCUT2D eigenvalue weighted by molar-refractivity contribution is 0.305. The summed E-state index contributed by atoms with van der Waals surface area (Å²) >= 11 is 1.64. The average molecular weight is 274 g/mol. The lowest BCUT2D eigenvalue weighted by atomic mass is 10.1. The topological polar surface area (TPSA) is 48.1 Å². The number of nitrogens with zero attached hydrogens (tertiary/aromatic N) is 1. The second kappa shape index (κ2) is 5.31. The van der Waals surface area contributed by atoms with E-state index < -0.39 is 0 Å². The number of hydrogen-bond acceptors (Lipinski definition) is 4. The molecule has 0 unspecified atom stereocenters. The zero-order valence-electron chi connectivity index (χ0n) is 11.1. The lowest BCUT2D eigenvalue weighted by Gasteiger charge is -2.06. The number of ether oxygens (including phenoxy) is 1. The van der Waals surface area contributed by atoms with Crippen LogP contribution in [0.3, 0.4) is 0 Å². The zero-order chi connectivity index (χ0) is 13.2. The predicted molar refractivity (Wildman–Crippen MR) is 77.5 cm³/mol. The van der Waals surface area contributed by atoms with Crippen molar-refractivity contribution >= 4 is 11.3 Å². The third-order valence-corrected chi connectivity index (χ3v) is 4.71. The van der Waals surface area contributed by atoms with E-state index in [0.717, 1.165) is 21.3 Å². The van der Waals surface area contributed by atoms with Crippen molar-refractivity contribution in [1.82, 2.24) is 4.98 Å². The second-order valence-electron chi connectivity index (χ2n) is 4.89. The van der Waals surface area contributed by atoms with E-state index in [1.54, 1.807) is 11.3 Å². The first-order chi connectivity index (χ1) is 9.26. The van der Waals surface area contributed by atoms with Gasteiger partial charge in [0.1, 0.15) is 17.4 Å². The van der Waals surface area contributed by atoms with Gasteiger partial charge < -0.3 is 10.5 Å². The molecule has 0 saturated heterocycles. The Balaban J connectivity index is 1.68. The summed E-state index contributed by atoms with van der Waals surface area (Å²) in [6.45, 7) is 3.09. The van der Waals surface area contributed by atoms with Crippen molar-refractivity contribution in [3.63, 3.8) is 0 Å². The van der Waals surface area contributed by atoms with Crippen molar-refractivity contribution in [3.8, 4) is 5.75 Å². The first kappa shape index (κ1) is 12.6. The van der Waals surface area contributed by atoms with E-state index in [4.69, 9.17) is 10.5 Å². The number of aromatic nitrogens is 1. The van der Waals surface area contributed by atoms with Crippen molar-refractivity contribution in [2.45, 2.75) is 39.3 Å². The Morgan fingerprint density at radius 1 is 1.32 bits per heavy atom. The maximum atomic E-state index is 5.84. The standard InChI is InChI=1S/C15H18N2OS/c1-10-14(8-16)19-15(17-10)9-18-13-6-5-11-3-2-4-12(11)7-13/h5-7H,2-4,8-9,16H2,1H3. The molecule has 3 rings (SSSR count). The third-order valence-electron chi connectivity index (χ3n) is 3.55. The van der Waals surface area contributed by atoms with Gasteiger partial charge in [0.15, 0.2) is 0 Å². The van der Waals surface area contributed by atoms with Gasteiger partial charge in [-0.15, -0.1) is 11.3 Å². The van der Waals surface area contributed by atoms with Crippen LogP contribution < -0.4 is 10.5 Å². The molecule has 1 aliphatic rings. The summed E-state index contributed by atoms with van der Waals surface area (Å²) in [5, 5.41) is 0.999. The number of benzene rings is 1. The molecule has 1 aliphatic carbocycles. The van der Waals surface area contributed by atoms with Gasteiger partial charge in [-0.1, -0.05) is 6.07 Å². The summed E-state index contributed by atoms with van der Waals surface area (Å²) < 4.78 is 5.84. The highest BCUT2D eigenvalue weighted by Gasteiger charge is 2.12. The highest BCUT2D eigenvalue weighted by molar-refractivity contribution is 7.11. The van der Waals surface area contributed by atoms with Gasteiger partial charge in [0, 0.05) is 11.4 Å². The molecule has 0 spiro atoms. The summed E-state index contributed by atoms with van der Waals surface area (Å²) in [7, 11) is 0. The van der Waals surface area contributed by atoms with Crippen molar-refractivity contribution in [3.05, 3.63) is 44.9 Å². The molecule has 0 fully saturated rings. The molecule has 0 saturated carbocycles. The monoisotopic (exact) mass is 274 g/mol. The van der Waals surface area contributed by atoms with Crippen molar-refractivity contribution in [2.75, 3.05) is 0 Å². The Labute approximate surface area is 117 Å².